The fourth-order valence-electron chi connectivity index (χ4n) is 3.44. The van der Waals surface area contributed by atoms with Crippen LogP contribution in [0.3, 0.4) is 0 Å². The topological polar surface area (TPSA) is 61.4 Å². The Morgan fingerprint density at radius 2 is 1.53 bits per heavy atom. The van der Waals surface area contributed by atoms with E-state index in [1.54, 1.807) is 0 Å². The van der Waals surface area contributed by atoms with Crippen LogP contribution in [0.5, 0.6) is 0 Å². The molecule has 2 amide bonds. The van der Waals surface area contributed by atoms with Gasteiger partial charge in [0.1, 0.15) is 0 Å². The Morgan fingerprint density at radius 1 is 0.895 bits per heavy atom. The van der Waals surface area contributed by atoms with E-state index in [0.29, 0.717) is 6.04 Å². The van der Waals surface area contributed by atoms with Crippen molar-refractivity contribution in [1.29, 1.82) is 0 Å². The Labute approximate surface area is 116 Å². The molecule has 2 fully saturated rings. The normalized spacial score (nSPS) is 29.5. The van der Waals surface area contributed by atoms with Crippen LogP contribution in [-0.4, -0.2) is 29.8 Å². The summed E-state index contributed by atoms with van der Waals surface area (Å²) in [7, 11) is 0. The number of carbonyl (C=O) groups is 1. The number of amides is 2. The van der Waals surface area contributed by atoms with Gasteiger partial charge in [-0.1, -0.05) is 38.5 Å². The molecule has 2 saturated carbocycles. The molecule has 3 N–H and O–H groups in total. The van der Waals surface area contributed by atoms with Crippen LogP contribution in [0, 0.1) is 5.92 Å². The van der Waals surface area contributed by atoms with E-state index in [-0.39, 0.29) is 24.6 Å². The highest BCUT2D eigenvalue weighted by molar-refractivity contribution is 5.74. The average molecular weight is 268 g/mol. The minimum Gasteiger partial charge on any atom is -0.396 e. The predicted octanol–water partition coefficient (Wildman–Crippen LogP) is 2.56. The predicted molar refractivity (Wildman–Crippen MR) is 76.0 cm³/mol. The van der Waals surface area contributed by atoms with E-state index in [0.717, 1.165) is 32.1 Å². The zero-order chi connectivity index (χ0) is 13.5. The van der Waals surface area contributed by atoms with E-state index >= 15 is 0 Å². The van der Waals surface area contributed by atoms with Gasteiger partial charge in [0.2, 0.25) is 0 Å². The molecule has 0 saturated heterocycles. The van der Waals surface area contributed by atoms with Gasteiger partial charge >= 0.3 is 6.03 Å². The molecule has 2 atom stereocenters. The van der Waals surface area contributed by atoms with Crippen molar-refractivity contribution in [2.45, 2.75) is 76.3 Å². The maximum absolute atomic E-state index is 12.0. The van der Waals surface area contributed by atoms with Crippen LogP contribution in [0.1, 0.15) is 64.2 Å². The Kier molecular flexibility index (Phi) is 5.95. The van der Waals surface area contributed by atoms with E-state index in [2.05, 4.69) is 10.6 Å². The summed E-state index contributed by atoms with van der Waals surface area (Å²) < 4.78 is 0. The molecular weight excluding hydrogens is 240 g/mol. The molecule has 19 heavy (non-hydrogen) atoms. The van der Waals surface area contributed by atoms with Gasteiger partial charge in [-0.2, -0.15) is 0 Å². The Hall–Kier alpha value is -0.770. The van der Waals surface area contributed by atoms with Crippen LogP contribution in [0.2, 0.25) is 0 Å². The lowest BCUT2D eigenvalue weighted by atomic mass is 9.85. The second-order valence-corrected chi connectivity index (χ2v) is 6.14. The molecule has 0 aromatic heterocycles. The van der Waals surface area contributed by atoms with E-state index in [1.165, 1.54) is 32.1 Å². The van der Waals surface area contributed by atoms with Crippen molar-refractivity contribution in [3.63, 3.8) is 0 Å². The van der Waals surface area contributed by atoms with Crippen molar-refractivity contribution in [2.75, 3.05) is 6.61 Å². The SMILES string of the molecule is O=C(NC1CCCCCC1)NC1CCCCC1CO. The number of hydrogen-bond donors (Lipinski definition) is 3. The highest BCUT2D eigenvalue weighted by Crippen LogP contribution is 2.24. The van der Waals surface area contributed by atoms with Gasteiger partial charge in [-0.15, -0.1) is 0 Å². The zero-order valence-corrected chi connectivity index (χ0v) is 11.9. The Morgan fingerprint density at radius 3 is 2.21 bits per heavy atom. The largest absolute Gasteiger partial charge is 0.396 e. The van der Waals surface area contributed by atoms with Crippen molar-refractivity contribution in [3.05, 3.63) is 0 Å². The Balaban J connectivity index is 1.75. The van der Waals surface area contributed by atoms with Crippen LogP contribution in [-0.2, 0) is 0 Å². The maximum Gasteiger partial charge on any atom is 0.315 e. The summed E-state index contributed by atoms with van der Waals surface area (Å²) in [6.45, 7) is 0.189. The third-order valence-electron chi connectivity index (χ3n) is 4.65. The number of rotatable bonds is 3. The summed E-state index contributed by atoms with van der Waals surface area (Å²) >= 11 is 0. The van der Waals surface area contributed by atoms with E-state index in [9.17, 15) is 9.90 Å². The molecular formula is C15H28N2O2. The molecule has 2 aliphatic rings. The van der Waals surface area contributed by atoms with Crippen molar-refractivity contribution < 1.29 is 9.90 Å². The Bertz CT molecular complexity index is 275. The maximum atomic E-state index is 12.0. The van der Waals surface area contributed by atoms with E-state index < -0.39 is 0 Å². The molecule has 2 aliphatic carbocycles. The van der Waals surface area contributed by atoms with Crippen molar-refractivity contribution in [1.82, 2.24) is 10.6 Å². The number of carbonyl (C=O) groups excluding carboxylic acids is 1. The molecule has 0 aromatic carbocycles. The first-order valence-corrected chi connectivity index (χ1v) is 7.97. The first kappa shape index (κ1) is 14.6. The fraction of sp³-hybridized carbons (Fsp3) is 0.933. The lowest BCUT2D eigenvalue weighted by Crippen LogP contribution is -2.50. The molecule has 2 unspecified atom stereocenters. The van der Waals surface area contributed by atoms with Gasteiger partial charge in [0.05, 0.1) is 0 Å². The molecule has 2 rings (SSSR count). The molecule has 4 heteroatoms. The van der Waals surface area contributed by atoms with Gasteiger partial charge in [0.25, 0.3) is 0 Å². The summed E-state index contributed by atoms with van der Waals surface area (Å²) in [5.74, 6) is 0.244. The van der Waals surface area contributed by atoms with Gasteiger partial charge in [-0.3, -0.25) is 0 Å². The summed E-state index contributed by atoms with van der Waals surface area (Å²) in [6, 6.07) is 0.473. The molecule has 0 spiro atoms. The van der Waals surface area contributed by atoms with Gasteiger partial charge in [0.15, 0.2) is 0 Å². The monoisotopic (exact) mass is 268 g/mol. The highest BCUT2D eigenvalue weighted by atomic mass is 16.3. The fourth-order valence-corrected chi connectivity index (χ4v) is 3.44. The van der Waals surface area contributed by atoms with Crippen LogP contribution >= 0.6 is 0 Å². The minimum absolute atomic E-state index is 0.0303. The number of urea groups is 1. The van der Waals surface area contributed by atoms with Crippen molar-refractivity contribution in [3.8, 4) is 0 Å². The van der Waals surface area contributed by atoms with Crippen molar-refractivity contribution >= 4 is 6.03 Å². The zero-order valence-electron chi connectivity index (χ0n) is 11.9. The summed E-state index contributed by atoms with van der Waals surface area (Å²) in [5.41, 5.74) is 0. The lowest BCUT2D eigenvalue weighted by Gasteiger charge is -2.31. The summed E-state index contributed by atoms with van der Waals surface area (Å²) in [6.07, 6.45) is 11.7. The first-order valence-electron chi connectivity index (χ1n) is 7.97. The van der Waals surface area contributed by atoms with E-state index in [4.69, 9.17) is 0 Å². The minimum atomic E-state index is -0.0303. The van der Waals surface area contributed by atoms with Crippen molar-refractivity contribution in [2.24, 2.45) is 5.92 Å². The third kappa shape index (κ3) is 4.68. The number of hydrogen-bond acceptors (Lipinski definition) is 2. The molecule has 0 heterocycles. The van der Waals surface area contributed by atoms with Gasteiger partial charge in [-0.25, -0.2) is 4.79 Å². The smallest absolute Gasteiger partial charge is 0.315 e. The number of aliphatic hydroxyl groups excluding tert-OH is 1. The molecule has 0 aromatic rings. The lowest BCUT2D eigenvalue weighted by molar-refractivity contribution is 0.153. The van der Waals surface area contributed by atoms with Gasteiger partial charge in [-0.05, 0) is 25.7 Å². The average Bonchev–Trinajstić information content (AvgIpc) is 2.68. The number of nitrogens with one attached hydrogen (secondary N) is 2. The molecule has 0 radical (unpaired) electrons. The van der Waals surface area contributed by atoms with Crippen LogP contribution in [0.4, 0.5) is 4.79 Å². The molecule has 0 aliphatic heterocycles. The van der Waals surface area contributed by atoms with E-state index in [1.807, 2.05) is 0 Å². The van der Waals surface area contributed by atoms with Gasteiger partial charge in [0, 0.05) is 24.6 Å². The summed E-state index contributed by atoms with van der Waals surface area (Å²) in [5, 5.41) is 15.6. The first-order chi connectivity index (χ1) is 9.29. The molecule has 0 bridgehead atoms. The highest BCUT2D eigenvalue weighted by Gasteiger charge is 2.26. The molecule has 110 valence electrons. The van der Waals surface area contributed by atoms with Crippen LogP contribution < -0.4 is 10.6 Å². The quantitative estimate of drug-likeness (QED) is 0.689. The standard InChI is InChI=1S/C15H28N2O2/c18-11-12-7-5-6-10-14(12)17-15(19)16-13-8-3-1-2-4-9-13/h12-14,18H,1-11H2,(H2,16,17,19). The van der Waals surface area contributed by atoms with Gasteiger partial charge < -0.3 is 15.7 Å². The van der Waals surface area contributed by atoms with Crippen LogP contribution in [0.25, 0.3) is 0 Å². The summed E-state index contributed by atoms with van der Waals surface area (Å²) in [4.78, 5) is 12.0. The second-order valence-electron chi connectivity index (χ2n) is 6.14. The number of aliphatic hydroxyl groups is 1. The third-order valence-corrected chi connectivity index (χ3v) is 4.65. The molecule has 4 nitrogen and oxygen atoms in total. The van der Waals surface area contributed by atoms with Crippen LogP contribution in [0.15, 0.2) is 0 Å². The second kappa shape index (κ2) is 7.73.